The summed E-state index contributed by atoms with van der Waals surface area (Å²) in [6, 6.07) is 8.67. The maximum absolute atomic E-state index is 5.61. The van der Waals surface area contributed by atoms with Gasteiger partial charge in [-0.1, -0.05) is 56.8 Å². The monoisotopic (exact) mass is 329 g/mol. The zero-order chi connectivity index (χ0) is 16.3. The van der Waals surface area contributed by atoms with Gasteiger partial charge in [-0.15, -0.1) is 10.2 Å². The van der Waals surface area contributed by atoms with E-state index in [0.717, 1.165) is 5.75 Å². The molecule has 7 heteroatoms. The van der Waals surface area contributed by atoms with Crippen molar-refractivity contribution in [3.05, 3.63) is 53.9 Å². The van der Waals surface area contributed by atoms with Gasteiger partial charge in [-0.25, -0.2) is 9.67 Å². The molecule has 23 heavy (non-hydrogen) atoms. The van der Waals surface area contributed by atoms with E-state index in [1.807, 2.05) is 0 Å². The van der Waals surface area contributed by atoms with E-state index in [0.29, 0.717) is 17.7 Å². The molecule has 0 fully saturated rings. The topological polar surface area (TPSA) is 69.6 Å². The minimum absolute atomic E-state index is 0.175. The number of nitrogens with zero attached hydrogens (tertiary/aromatic N) is 5. The Hall–Kier alpha value is -2.15. The summed E-state index contributed by atoms with van der Waals surface area (Å²) in [4.78, 5) is 3.88. The third-order valence-electron chi connectivity index (χ3n) is 3.39. The fourth-order valence-corrected chi connectivity index (χ4v) is 2.80. The van der Waals surface area contributed by atoms with E-state index in [1.165, 1.54) is 29.2 Å². The van der Waals surface area contributed by atoms with Gasteiger partial charge in [0.05, 0.1) is 0 Å². The SMILES string of the molecule is CC(C)(C)c1ccc(CSc2nnc(Cn3cncn3)o2)cc1. The highest BCUT2D eigenvalue weighted by atomic mass is 32.2. The van der Waals surface area contributed by atoms with E-state index >= 15 is 0 Å². The van der Waals surface area contributed by atoms with Crippen molar-refractivity contribution in [2.45, 2.75) is 43.7 Å². The number of rotatable bonds is 5. The number of benzene rings is 1. The molecule has 0 unspecified atom stereocenters. The van der Waals surface area contributed by atoms with Crippen LogP contribution in [0.3, 0.4) is 0 Å². The first-order valence-corrected chi connectivity index (χ1v) is 8.36. The van der Waals surface area contributed by atoms with Crippen LogP contribution in [0.5, 0.6) is 0 Å². The van der Waals surface area contributed by atoms with Gasteiger partial charge in [0, 0.05) is 5.75 Å². The third-order valence-corrected chi connectivity index (χ3v) is 4.28. The Morgan fingerprint density at radius 2 is 1.91 bits per heavy atom. The van der Waals surface area contributed by atoms with E-state index in [4.69, 9.17) is 4.42 Å². The smallest absolute Gasteiger partial charge is 0.276 e. The van der Waals surface area contributed by atoms with Gasteiger partial charge in [0.15, 0.2) is 0 Å². The maximum atomic E-state index is 5.61. The average molecular weight is 329 g/mol. The van der Waals surface area contributed by atoms with Crippen LogP contribution in [0.4, 0.5) is 0 Å². The zero-order valence-electron chi connectivity index (χ0n) is 13.4. The highest BCUT2D eigenvalue weighted by Gasteiger charge is 2.13. The minimum atomic E-state index is 0.175. The Kier molecular flexibility index (Phi) is 4.47. The second-order valence-corrected chi connectivity index (χ2v) is 7.22. The molecule has 0 saturated carbocycles. The number of aromatic nitrogens is 5. The first-order valence-electron chi connectivity index (χ1n) is 7.38. The minimum Gasteiger partial charge on any atom is -0.414 e. The molecule has 2 heterocycles. The Morgan fingerprint density at radius 3 is 2.57 bits per heavy atom. The van der Waals surface area contributed by atoms with Crippen molar-refractivity contribution in [3.63, 3.8) is 0 Å². The first kappa shape index (κ1) is 15.7. The van der Waals surface area contributed by atoms with E-state index in [1.54, 1.807) is 11.0 Å². The molecule has 0 aliphatic rings. The number of hydrogen-bond acceptors (Lipinski definition) is 6. The number of hydrogen-bond donors (Lipinski definition) is 0. The summed E-state index contributed by atoms with van der Waals surface area (Å²) < 4.78 is 7.25. The second kappa shape index (κ2) is 6.54. The van der Waals surface area contributed by atoms with Crippen LogP contribution in [0.25, 0.3) is 0 Å². The van der Waals surface area contributed by atoms with Gasteiger partial charge in [-0.05, 0) is 16.5 Å². The summed E-state index contributed by atoms with van der Waals surface area (Å²) >= 11 is 1.53. The quantitative estimate of drug-likeness (QED) is 0.669. The maximum Gasteiger partial charge on any atom is 0.276 e. The zero-order valence-corrected chi connectivity index (χ0v) is 14.2. The molecule has 0 spiro atoms. The van der Waals surface area contributed by atoms with Crippen molar-refractivity contribution in [1.29, 1.82) is 0 Å². The van der Waals surface area contributed by atoms with Crippen molar-refractivity contribution in [1.82, 2.24) is 25.0 Å². The number of thioether (sulfide) groups is 1. The molecule has 0 atom stereocenters. The molecule has 1 aromatic carbocycles. The van der Waals surface area contributed by atoms with Gasteiger partial charge in [0.1, 0.15) is 19.2 Å². The summed E-state index contributed by atoms with van der Waals surface area (Å²) in [6.45, 7) is 7.08. The predicted molar refractivity (Wildman–Crippen MR) is 88.1 cm³/mol. The first-order chi connectivity index (χ1) is 11.0. The van der Waals surface area contributed by atoms with Crippen molar-refractivity contribution in [2.75, 3.05) is 0 Å². The largest absolute Gasteiger partial charge is 0.414 e. The Morgan fingerprint density at radius 1 is 1.13 bits per heavy atom. The molecular formula is C16H19N5OS. The molecule has 0 saturated heterocycles. The fourth-order valence-electron chi connectivity index (χ4n) is 2.06. The third kappa shape index (κ3) is 4.19. The molecule has 0 aliphatic heterocycles. The van der Waals surface area contributed by atoms with E-state index < -0.39 is 0 Å². The molecule has 3 aromatic rings. The summed E-state index contributed by atoms with van der Waals surface area (Å²) in [6.07, 6.45) is 3.10. The lowest BCUT2D eigenvalue weighted by Gasteiger charge is -2.19. The molecule has 3 rings (SSSR count). The molecule has 2 aromatic heterocycles. The van der Waals surface area contributed by atoms with Crippen LogP contribution in [-0.4, -0.2) is 25.0 Å². The van der Waals surface area contributed by atoms with Gasteiger partial charge in [0.2, 0.25) is 5.89 Å². The summed E-state index contributed by atoms with van der Waals surface area (Å²) in [5, 5.41) is 12.7. The normalized spacial score (nSPS) is 11.8. The summed E-state index contributed by atoms with van der Waals surface area (Å²) in [5.41, 5.74) is 2.74. The molecule has 0 aliphatic carbocycles. The lowest BCUT2D eigenvalue weighted by Crippen LogP contribution is -2.10. The van der Waals surface area contributed by atoms with Crippen molar-refractivity contribution in [2.24, 2.45) is 0 Å². The van der Waals surface area contributed by atoms with Crippen LogP contribution in [0, 0.1) is 0 Å². The molecule has 6 nitrogen and oxygen atoms in total. The highest BCUT2D eigenvalue weighted by molar-refractivity contribution is 7.98. The van der Waals surface area contributed by atoms with Crippen LogP contribution in [0.1, 0.15) is 37.8 Å². The van der Waals surface area contributed by atoms with Gasteiger partial charge in [-0.2, -0.15) is 5.10 Å². The van der Waals surface area contributed by atoms with Crippen LogP contribution in [0.2, 0.25) is 0 Å². The molecule has 0 amide bonds. The second-order valence-electron chi connectivity index (χ2n) is 6.29. The fraction of sp³-hybridized carbons (Fsp3) is 0.375. The lowest BCUT2D eigenvalue weighted by molar-refractivity contribution is 0.397. The Balaban J connectivity index is 1.57. The summed E-state index contributed by atoms with van der Waals surface area (Å²) in [7, 11) is 0. The lowest BCUT2D eigenvalue weighted by atomic mass is 9.87. The molecule has 120 valence electrons. The van der Waals surface area contributed by atoms with E-state index in [-0.39, 0.29) is 5.41 Å². The summed E-state index contributed by atoms with van der Waals surface area (Å²) in [5.74, 6) is 1.33. The molecule has 0 N–H and O–H groups in total. The Bertz CT molecular complexity index is 744. The van der Waals surface area contributed by atoms with E-state index in [9.17, 15) is 0 Å². The molecule has 0 radical (unpaired) electrons. The van der Waals surface area contributed by atoms with Gasteiger partial charge >= 0.3 is 0 Å². The molecule has 0 bridgehead atoms. The standard InChI is InChI=1S/C16H19N5OS/c1-16(2,3)13-6-4-12(5-7-13)9-23-15-20-19-14(22-15)8-21-11-17-10-18-21/h4-7,10-11H,8-9H2,1-3H3. The average Bonchev–Trinajstić information content (AvgIpc) is 3.17. The Labute approximate surface area is 139 Å². The van der Waals surface area contributed by atoms with Crippen LogP contribution in [0.15, 0.2) is 46.6 Å². The van der Waals surface area contributed by atoms with Crippen LogP contribution >= 0.6 is 11.8 Å². The molecular weight excluding hydrogens is 310 g/mol. The van der Waals surface area contributed by atoms with Crippen LogP contribution < -0.4 is 0 Å². The van der Waals surface area contributed by atoms with Crippen molar-refractivity contribution < 1.29 is 4.42 Å². The highest BCUT2D eigenvalue weighted by Crippen LogP contribution is 2.25. The van der Waals surface area contributed by atoms with Crippen LogP contribution in [-0.2, 0) is 17.7 Å². The van der Waals surface area contributed by atoms with Crippen molar-refractivity contribution in [3.8, 4) is 0 Å². The van der Waals surface area contributed by atoms with Crippen molar-refractivity contribution >= 4 is 11.8 Å². The van der Waals surface area contributed by atoms with E-state index in [2.05, 4.69) is 65.3 Å². The predicted octanol–water partition coefficient (Wildman–Crippen LogP) is 3.30. The van der Waals surface area contributed by atoms with Gasteiger partial charge < -0.3 is 4.42 Å². The van der Waals surface area contributed by atoms with Gasteiger partial charge in [-0.3, -0.25) is 0 Å². The van der Waals surface area contributed by atoms with Gasteiger partial charge in [0.25, 0.3) is 5.22 Å².